The van der Waals surface area contributed by atoms with Crippen molar-refractivity contribution in [3.05, 3.63) is 12.2 Å². The van der Waals surface area contributed by atoms with Gasteiger partial charge >= 0.3 is 5.97 Å². The fraction of sp³-hybridized carbons (Fsp3) is 0.812. The minimum Gasteiger partial charge on any atom is -0.478 e. The Morgan fingerprint density at radius 2 is 1.48 bits per heavy atom. The van der Waals surface area contributed by atoms with Crippen LogP contribution in [-0.2, 0) is 18.4 Å². The lowest BCUT2D eigenvalue weighted by Crippen LogP contribution is -2.60. The second-order valence-electron chi connectivity index (χ2n) is 7.66. The molecule has 0 spiro atoms. The molecule has 0 rings (SSSR count). The molecule has 1 atom stereocenters. The molecular weight excluding hydrogens is 360 g/mol. The van der Waals surface area contributed by atoms with Crippen molar-refractivity contribution in [3.8, 4) is 0 Å². The predicted octanol–water partition coefficient (Wildman–Crippen LogP) is 2.77. The molecular formula is C16H36O7Si2. The molecule has 3 N–H and O–H groups in total. The lowest BCUT2D eigenvalue weighted by Gasteiger charge is -2.44. The molecule has 0 heterocycles. The van der Waals surface area contributed by atoms with Gasteiger partial charge in [-0.2, -0.15) is 0 Å². The first-order chi connectivity index (χ1) is 11.1. The summed E-state index contributed by atoms with van der Waals surface area (Å²) in [6, 6.07) is 0. The van der Waals surface area contributed by atoms with Crippen LogP contribution in [-0.4, -0.2) is 63.2 Å². The average Bonchev–Trinajstić information content (AvgIpc) is 2.41. The number of rotatable bonds is 10. The number of hydrogen-bond donors (Lipinski definition) is 3. The molecule has 25 heavy (non-hydrogen) atoms. The zero-order valence-electron chi connectivity index (χ0n) is 16.9. The van der Waals surface area contributed by atoms with Crippen LogP contribution in [0.15, 0.2) is 12.2 Å². The molecule has 0 aromatic heterocycles. The first kappa shape index (κ1) is 26.7. The molecule has 9 heteroatoms. The van der Waals surface area contributed by atoms with E-state index in [2.05, 4.69) is 6.58 Å². The maximum atomic E-state index is 10.1. The van der Waals surface area contributed by atoms with Crippen molar-refractivity contribution in [2.24, 2.45) is 0 Å². The zero-order chi connectivity index (χ0) is 20.5. The lowest BCUT2D eigenvalue weighted by atomic mass is 10.3. The van der Waals surface area contributed by atoms with Crippen molar-refractivity contribution >= 4 is 22.6 Å². The van der Waals surface area contributed by atoms with Gasteiger partial charge in [0.1, 0.15) is 0 Å². The van der Waals surface area contributed by atoms with Crippen molar-refractivity contribution in [1.82, 2.24) is 0 Å². The van der Waals surface area contributed by atoms with Crippen molar-refractivity contribution in [2.75, 3.05) is 13.2 Å². The molecule has 0 bridgehead atoms. The summed E-state index contributed by atoms with van der Waals surface area (Å²) in [6.45, 7) is 18.5. The number of ether oxygens (including phenoxy) is 1. The molecule has 7 nitrogen and oxygen atoms in total. The smallest absolute Gasteiger partial charge is 0.330 e. The van der Waals surface area contributed by atoms with Crippen molar-refractivity contribution < 1.29 is 33.7 Å². The summed E-state index contributed by atoms with van der Waals surface area (Å²) in [7, 11) is -4.04. The SMILES string of the molecule is C=C(C)C(=O)O.CCCOC(O[Si](C)(C)C)(O[Si](C)(C)C)C(O)CO. The number of aliphatic hydroxyl groups is 2. The molecule has 0 amide bonds. The van der Waals surface area contributed by atoms with E-state index < -0.39 is 41.3 Å². The van der Waals surface area contributed by atoms with Gasteiger partial charge < -0.3 is 28.9 Å². The lowest BCUT2D eigenvalue weighted by molar-refractivity contribution is -0.356. The minimum absolute atomic E-state index is 0.176. The highest BCUT2D eigenvalue weighted by atomic mass is 28.4. The standard InChI is InChI=1S/C12H30O5Si2.C4H6O2/c1-8-9-15-12(11(14)10-13,16-18(2,3)4)17-19(5,6)7;1-3(2)4(5)6/h11,13-14H,8-10H2,1-7H3;1H2,2H3,(H,5,6). The van der Waals surface area contributed by atoms with Crippen LogP contribution < -0.4 is 0 Å². The Balaban J connectivity index is 0. The van der Waals surface area contributed by atoms with Gasteiger partial charge in [0.2, 0.25) is 0 Å². The van der Waals surface area contributed by atoms with Crippen LogP contribution in [0.5, 0.6) is 0 Å². The van der Waals surface area contributed by atoms with Gasteiger partial charge in [-0.1, -0.05) is 13.5 Å². The van der Waals surface area contributed by atoms with E-state index in [4.69, 9.17) is 18.7 Å². The number of hydrogen-bond acceptors (Lipinski definition) is 6. The molecule has 0 aliphatic rings. The topological polar surface area (TPSA) is 105 Å². The molecule has 0 saturated heterocycles. The maximum Gasteiger partial charge on any atom is 0.330 e. The van der Waals surface area contributed by atoms with E-state index in [-0.39, 0.29) is 5.57 Å². The minimum atomic E-state index is -2.02. The third kappa shape index (κ3) is 13.3. The van der Waals surface area contributed by atoms with E-state index in [1.165, 1.54) is 6.92 Å². The molecule has 0 radical (unpaired) electrons. The highest BCUT2D eigenvalue weighted by Gasteiger charge is 2.47. The zero-order valence-corrected chi connectivity index (χ0v) is 18.9. The van der Waals surface area contributed by atoms with E-state index in [9.17, 15) is 15.0 Å². The third-order valence-electron chi connectivity index (χ3n) is 2.35. The maximum absolute atomic E-state index is 10.1. The molecule has 0 aliphatic heterocycles. The van der Waals surface area contributed by atoms with Crippen molar-refractivity contribution in [3.63, 3.8) is 0 Å². The molecule has 0 aliphatic carbocycles. The van der Waals surface area contributed by atoms with E-state index >= 15 is 0 Å². The predicted molar refractivity (Wildman–Crippen MR) is 103 cm³/mol. The van der Waals surface area contributed by atoms with E-state index in [0.717, 1.165) is 6.42 Å². The summed E-state index contributed by atoms with van der Waals surface area (Å²) in [4.78, 5) is 9.60. The number of carboxylic acids is 1. The average molecular weight is 397 g/mol. The Morgan fingerprint density at radius 3 is 1.68 bits per heavy atom. The number of carboxylic acid groups (broad SMARTS) is 1. The summed E-state index contributed by atoms with van der Waals surface area (Å²) >= 11 is 0. The molecule has 1 unspecified atom stereocenters. The summed E-state index contributed by atoms with van der Waals surface area (Å²) < 4.78 is 17.6. The summed E-state index contributed by atoms with van der Waals surface area (Å²) in [6.07, 6.45) is -0.429. The highest BCUT2D eigenvalue weighted by Crippen LogP contribution is 2.29. The first-order valence-electron chi connectivity index (χ1n) is 8.32. The Bertz CT molecular complexity index is 386. The second-order valence-corrected chi connectivity index (χ2v) is 16.5. The van der Waals surface area contributed by atoms with Gasteiger partial charge in [-0.3, -0.25) is 0 Å². The van der Waals surface area contributed by atoms with Crippen molar-refractivity contribution in [1.29, 1.82) is 0 Å². The number of aliphatic hydroxyl groups excluding tert-OH is 2. The molecule has 0 aromatic rings. The van der Waals surface area contributed by atoms with E-state index in [0.29, 0.717) is 6.61 Å². The van der Waals surface area contributed by atoms with Gasteiger partial charge in [-0.25, -0.2) is 4.79 Å². The van der Waals surface area contributed by atoms with Gasteiger partial charge in [0.05, 0.1) is 13.2 Å². The molecule has 0 saturated carbocycles. The Labute approximate surface area is 153 Å². The summed E-state index contributed by atoms with van der Waals surface area (Å²) in [5, 5.41) is 27.3. The van der Waals surface area contributed by atoms with Gasteiger partial charge in [0, 0.05) is 5.57 Å². The van der Waals surface area contributed by atoms with Crippen LogP contribution in [0.25, 0.3) is 0 Å². The van der Waals surface area contributed by atoms with Crippen LogP contribution in [0.1, 0.15) is 20.3 Å². The summed E-state index contributed by atoms with van der Waals surface area (Å²) in [5.41, 5.74) is 0.176. The third-order valence-corrected chi connectivity index (χ3v) is 4.14. The largest absolute Gasteiger partial charge is 0.478 e. The molecule has 0 fully saturated rings. The quantitative estimate of drug-likeness (QED) is 0.296. The van der Waals surface area contributed by atoms with E-state index in [1.54, 1.807) is 0 Å². The Morgan fingerprint density at radius 1 is 1.12 bits per heavy atom. The Hall–Kier alpha value is -0.556. The van der Waals surface area contributed by atoms with E-state index in [1.807, 2.05) is 46.2 Å². The highest BCUT2D eigenvalue weighted by molar-refractivity contribution is 6.71. The fourth-order valence-corrected chi connectivity index (χ4v) is 3.79. The monoisotopic (exact) mass is 396 g/mol. The van der Waals surface area contributed by atoms with Gasteiger partial charge in [0.15, 0.2) is 22.7 Å². The van der Waals surface area contributed by atoms with Crippen LogP contribution in [0.3, 0.4) is 0 Å². The van der Waals surface area contributed by atoms with Crippen LogP contribution in [0.2, 0.25) is 39.3 Å². The van der Waals surface area contributed by atoms with Crippen LogP contribution in [0, 0.1) is 0 Å². The fourth-order valence-electron chi connectivity index (χ4n) is 1.52. The van der Waals surface area contributed by atoms with Gasteiger partial charge in [-0.15, -0.1) is 0 Å². The number of aliphatic carboxylic acids is 1. The second kappa shape index (κ2) is 11.2. The van der Waals surface area contributed by atoms with Crippen LogP contribution >= 0.6 is 0 Å². The van der Waals surface area contributed by atoms with Gasteiger partial charge in [-0.05, 0) is 52.6 Å². The van der Waals surface area contributed by atoms with Crippen molar-refractivity contribution in [2.45, 2.75) is 71.6 Å². The van der Waals surface area contributed by atoms with Crippen LogP contribution in [0.4, 0.5) is 0 Å². The normalized spacial score (nSPS) is 13.7. The molecule has 0 aromatic carbocycles. The molecule has 150 valence electrons. The first-order valence-corrected chi connectivity index (χ1v) is 15.1. The van der Waals surface area contributed by atoms with Gasteiger partial charge in [0.25, 0.3) is 5.97 Å². The Kier molecular flexibility index (Phi) is 12.0. The number of carbonyl (C=O) groups is 1. The summed E-state index contributed by atoms with van der Waals surface area (Å²) in [5.74, 6) is -2.48.